The Hall–Kier alpha value is -3.59. The van der Waals surface area contributed by atoms with Gasteiger partial charge in [0.05, 0.1) is 5.39 Å². The van der Waals surface area contributed by atoms with Gasteiger partial charge in [0.2, 0.25) is 0 Å². The van der Waals surface area contributed by atoms with Gasteiger partial charge < -0.3 is 15.5 Å². The predicted molar refractivity (Wildman–Crippen MR) is 111 cm³/mol. The first-order valence-corrected chi connectivity index (χ1v) is 9.58. The van der Waals surface area contributed by atoms with Crippen LogP contribution in [0.5, 0.6) is 0 Å². The fourth-order valence-corrected chi connectivity index (χ4v) is 4.07. The summed E-state index contributed by atoms with van der Waals surface area (Å²) in [6.45, 7) is 3.76. The number of aromatic amines is 1. The number of H-pyrrole nitrogens is 1. The number of anilines is 1. The number of rotatable bonds is 4. The summed E-state index contributed by atoms with van der Waals surface area (Å²) in [7, 11) is 0. The van der Waals surface area contributed by atoms with Crippen LogP contribution in [0.3, 0.4) is 0 Å². The van der Waals surface area contributed by atoms with Crippen LogP contribution < -0.4 is 11.3 Å². The molecule has 0 aliphatic carbocycles. The van der Waals surface area contributed by atoms with Crippen molar-refractivity contribution in [2.45, 2.75) is 20.5 Å². The molecule has 9 heteroatoms. The number of nitrogen functional groups attached to an aromatic ring is 1. The van der Waals surface area contributed by atoms with Gasteiger partial charge in [0.1, 0.15) is 17.3 Å². The van der Waals surface area contributed by atoms with Gasteiger partial charge in [-0.15, -0.1) is 11.3 Å². The average molecular weight is 407 g/mol. The van der Waals surface area contributed by atoms with E-state index in [4.69, 9.17) is 10.5 Å². The number of fused-ring (bicyclic) bond motifs is 1. The molecule has 0 saturated carbocycles. The molecular formula is C20H17N5O3S. The highest BCUT2D eigenvalue weighted by molar-refractivity contribution is 7.19. The zero-order valence-corrected chi connectivity index (χ0v) is 16.5. The molecule has 0 amide bonds. The number of nitrogens with one attached hydrogen (secondary N) is 1. The van der Waals surface area contributed by atoms with E-state index in [0.717, 1.165) is 21.6 Å². The number of hydrogen-bond donors (Lipinski definition) is 2. The van der Waals surface area contributed by atoms with Crippen LogP contribution in [0.4, 0.5) is 5.82 Å². The second-order valence-corrected chi connectivity index (χ2v) is 7.66. The number of carbonyl (C=O) groups excluding carboxylic acids is 1. The summed E-state index contributed by atoms with van der Waals surface area (Å²) in [5, 5.41) is 0.532. The predicted octanol–water partition coefficient (Wildman–Crippen LogP) is 3.00. The maximum absolute atomic E-state index is 12.8. The first-order chi connectivity index (χ1) is 13.9. The molecule has 4 aromatic rings. The number of esters is 1. The molecule has 0 atom stereocenters. The normalized spacial score (nSPS) is 11.0. The molecule has 29 heavy (non-hydrogen) atoms. The van der Waals surface area contributed by atoms with Crippen LogP contribution >= 0.6 is 11.3 Å². The third kappa shape index (κ3) is 3.59. The van der Waals surface area contributed by atoms with Gasteiger partial charge in [0.25, 0.3) is 5.56 Å². The molecule has 0 radical (unpaired) electrons. The second kappa shape index (κ2) is 7.44. The average Bonchev–Trinajstić information content (AvgIpc) is 3.03. The Balaban J connectivity index is 1.65. The monoisotopic (exact) mass is 407 g/mol. The second-order valence-electron chi connectivity index (χ2n) is 6.46. The number of aryl methyl sites for hydroxylation is 2. The standard InChI is InChI=1S/C20H17N5O3S/c1-10-3-5-12(6-4-10)14-11(2)29-19-15(14)18(26)24-13(25-19)9-28-20(27)16-17(21)23-8-7-22-16/h3-8H,9H2,1-2H3,(H2,21,23)(H,24,25,26). The number of ether oxygens (including phenoxy) is 1. The lowest BCUT2D eigenvalue weighted by molar-refractivity contribution is 0.0456. The molecule has 146 valence electrons. The number of thiophene rings is 1. The van der Waals surface area contributed by atoms with Gasteiger partial charge in [-0.2, -0.15) is 0 Å². The molecule has 0 bridgehead atoms. The van der Waals surface area contributed by atoms with E-state index in [2.05, 4.69) is 19.9 Å². The van der Waals surface area contributed by atoms with Crippen LogP contribution in [0.25, 0.3) is 21.3 Å². The van der Waals surface area contributed by atoms with Gasteiger partial charge in [-0.05, 0) is 19.4 Å². The highest BCUT2D eigenvalue weighted by Gasteiger charge is 2.18. The van der Waals surface area contributed by atoms with Crippen molar-refractivity contribution in [2.24, 2.45) is 0 Å². The molecule has 3 heterocycles. The summed E-state index contributed by atoms with van der Waals surface area (Å²) < 4.78 is 5.18. The quantitative estimate of drug-likeness (QED) is 0.498. The third-order valence-corrected chi connectivity index (χ3v) is 5.39. The lowest BCUT2D eigenvalue weighted by Crippen LogP contribution is -2.16. The van der Waals surface area contributed by atoms with Crippen molar-refractivity contribution in [3.05, 3.63) is 69.0 Å². The summed E-state index contributed by atoms with van der Waals surface area (Å²) >= 11 is 1.43. The highest BCUT2D eigenvalue weighted by atomic mass is 32.1. The summed E-state index contributed by atoms with van der Waals surface area (Å²) in [4.78, 5) is 41.3. The zero-order valence-electron chi connectivity index (χ0n) is 15.7. The van der Waals surface area contributed by atoms with E-state index >= 15 is 0 Å². The Morgan fingerprint density at radius 1 is 1.17 bits per heavy atom. The summed E-state index contributed by atoms with van der Waals surface area (Å²) in [6.07, 6.45) is 2.73. The van der Waals surface area contributed by atoms with Gasteiger partial charge in [-0.25, -0.2) is 19.7 Å². The third-order valence-electron chi connectivity index (χ3n) is 4.39. The van der Waals surface area contributed by atoms with Crippen LogP contribution in [0, 0.1) is 13.8 Å². The van der Waals surface area contributed by atoms with E-state index in [1.54, 1.807) is 0 Å². The Morgan fingerprint density at radius 2 is 1.90 bits per heavy atom. The van der Waals surface area contributed by atoms with Crippen molar-refractivity contribution in [3.63, 3.8) is 0 Å². The molecule has 0 aliphatic rings. The first-order valence-electron chi connectivity index (χ1n) is 8.77. The van der Waals surface area contributed by atoms with E-state index in [9.17, 15) is 9.59 Å². The molecule has 4 rings (SSSR count). The van der Waals surface area contributed by atoms with E-state index in [1.807, 2.05) is 38.1 Å². The fourth-order valence-electron chi connectivity index (χ4n) is 3.01. The molecule has 3 aromatic heterocycles. The minimum Gasteiger partial charge on any atom is -0.453 e. The van der Waals surface area contributed by atoms with Crippen molar-refractivity contribution in [1.82, 2.24) is 19.9 Å². The molecule has 0 saturated heterocycles. The Kier molecular flexibility index (Phi) is 4.81. The molecular weight excluding hydrogens is 390 g/mol. The zero-order chi connectivity index (χ0) is 20.5. The van der Waals surface area contributed by atoms with Gasteiger partial charge in [0.15, 0.2) is 11.5 Å². The van der Waals surface area contributed by atoms with Crippen LogP contribution in [0.2, 0.25) is 0 Å². The van der Waals surface area contributed by atoms with Crippen LogP contribution in [-0.4, -0.2) is 25.9 Å². The maximum atomic E-state index is 12.8. The first kappa shape index (κ1) is 18.8. The van der Waals surface area contributed by atoms with Gasteiger partial charge in [0, 0.05) is 22.8 Å². The van der Waals surface area contributed by atoms with Crippen molar-refractivity contribution < 1.29 is 9.53 Å². The lowest BCUT2D eigenvalue weighted by Gasteiger charge is -2.06. The molecule has 3 N–H and O–H groups in total. The fraction of sp³-hybridized carbons (Fsp3) is 0.150. The number of nitrogens with zero attached hydrogens (tertiary/aromatic N) is 3. The molecule has 0 unspecified atom stereocenters. The number of benzene rings is 1. The van der Waals surface area contributed by atoms with E-state index in [1.165, 1.54) is 23.7 Å². The maximum Gasteiger partial charge on any atom is 0.361 e. The number of nitrogens with two attached hydrogens (primary N) is 1. The minimum absolute atomic E-state index is 0.0222. The van der Waals surface area contributed by atoms with Crippen LogP contribution in [0.15, 0.2) is 41.5 Å². The van der Waals surface area contributed by atoms with Gasteiger partial charge >= 0.3 is 5.97 Å². The molecule has 1 aromatic carbocycles. The molecule has 0 fully saturated rings. The highest BCUT2D eigenvalue weighted by Crippen LogP contribution is 2.35. The number of hydrogen-bond acceptors (Lipinski definition) is 8. The SMILES string of the molecule is Cc1ccc(-c2c(C)sc3nc(COC(=O)c4nccnc4N)[nH]c(=O)c23)cc1. The summed E-state index contributed by atoms with van der Waals surface area (Å²) in [5.74, 6) is -0.512. The number of carbonyl (C=O) groups is 1. The van der Waals surface area contributed by atoms with Gasteiger partial charge in [-0.3, -0.25) is 4.79 Å². The van der Waals surface area contributed by atoms with Crippen LogP contribution in [0.1, 0.15) is 26.8 Å². The smallest absolute Gasteiger partial charge is 0.361 e. The van der Waals surface area contributed by atoms with Crippen molar-refractivity contribution in [3.8, 4) is 11.1 Å². The molecule has 0 spiro atoms. The van der Waals surface area contributed by atoms with E-state index < -0.39 is 5.97 Å². The van der Waals surface area contributed by atoms with Crippen molar-refractivity contribution in [1.29, 1.82) is 0 Å². The van der Waals surface area contributed by atoms with Crippen LogP contribution in [-0.2, 0) is 11.3 Å². The summed E-state index contributed by atoms with van der Waals surface area (Å²) in [6, 6.07) is 7.99. The topological polar surface area (TPSA) is 124 Å². The molecule has 8 nitrogen and oxygen atoms in total. The largest absolute Gasteiger partial charge is 0.453 e. The lowest BCUT2D eigenvalue weighted by atomic mass is 10.0. The van der Waals surface area contributed by atoms with E-state index in [0.29, 0.717) is 10.2 Å². The Morgan fingerprint density at radius 3 is 2.62 bits per heavy atom. The van der Waals surface area contributed by atoms with E-state index in [-0.39, 0.29) is 29.5 Å². The minimum atomic E-state index is -0.735. The van der Waals surface area contributed by atoms with Crippen molar-refractivity contribution >= 4 is 33.3 Å². The Bertz CT molecular complexity index is 1280. The molecule has 0 aliphatic heterocycles. The Labute approximate surface area is 169 Å². The van der Waals surface area contributed by atoms with Crippen molar-refractivity contribution in [2.75, 3.05) is 5.73 Å². The summed E-state index contributed by atoms with van der Waals surface area (Å²) in [5.41, 5.74) is 8.25. The van der Waals surface area contributed by atoms with Gasteiger partial charge in [-0.1, -0.05) is 29.8 Å². The number of aromatic nitrogens is 4.